The van der Waals surface area contributed by atoms with Crippen molar-refractivity contribution >= 4 is 24.0 Å². The van der Waals surface area contributed by atoms with Crippen LogP contribution in [0.4, 0.5) is 5.69 Å². The summed E-state index contributed by atoms with van der Waals surface area (Å²) in [5, 5.41) is 6.00. The average molecular weight is 355 g/mol. The van der Waals surface area contributed by atoms with Crippen LogP contribution >= 0.6 is 12.4 Å². The average Bonchev–Trinajstić information content (AvgIpc) is 2.53. The molecule has 0 radical (unpaired) electrons. The number of halogens is 1. The van der Waals surface area contributed by atoms with Crippen LogP contribution < -0.4 is 10.6 Å². The fraction of sp³-hybridized carbons (Fsp3) is 0.632. The summed E-state index contributed by atoms with van der Waals surface area (Å²) in [5.74, 6) is 0.759. The van der Waals surface area contributed by atoms with Gasteiger partial charge in [-0.25, -0.2) is 0 Å². The van der Waals surface area contributed by atoms with Crippen molar-refractivity contribution in [3.05, 3.63) is 29.8 Å². The highest BCUT2D eigenvalue weighted by Crippen LogP contribution is 2.26. The van der Waals surface area contributed by atoms with Gasteiger partial charge in [-0.3, -0.25) is 4.79 Å². The third-order valence-corrected chi connectivity index (χ3v) is 4.53. The Morgan fingerprint density at radius 2 is 2.17 bits per heavy atom. The van der Waals surface area contributed by atoms with Crippen LogP contribution in [0.1, 0.15) is 45.1 Å². The molecular formula is C19H31ClN2O2. The van der Waals surface area contributed by atoms with Crippen molar-refractivity contribution < 1.29 is 9.53 Å². The lowest BCUT2D eigenvalue weighted by molar-refractivity contribution is -0.119. The van der Waals surface area contributed by atoms with Crippen molar-refractivity contribution in [3.63, 3.8) is 0 Å². The van der Waals surface area contributed by atoms with E-state index >= 15 is 0 Å². The number of benzene rings is 1. The van der Waals surface area contributed by atoms with E-state index in [1.54, 1.807) is 0 Å². The van der Waals surface area contributed by atoms with E-state index in [1.165, 1.54) is 19.3 Å². The molecule has 1 aliphatic carbocycles. The molecule has 5 heteroatoms. The summed E-state index contributed by atoms with van der Waals surface area (Å²) in [5.41, 5.74) is 1.96. The van der Waals surface area contributed by atoms with Gasteiger partial charge in [0.1, 0.15) is 0 Å². The Morgan fingerprint density at radius 3 is 2.88 bits per heavy atom. The van der Waals surface area contributed by atoms with E-state index < -0.39 is 0 Å². The zero-order chi connectivity index (χ0) is 16.7. The SMILES string of the molecule is CNCC(C)C(=O)Nc1cccc(COC2CCCC(C)C2)c1.Cl. The summed E-state index contributed by atoms with van der Waals surface area (Å²) in [6.07, 6.45) is 5.31. The van der Waals surface area contributed by atoms with Crippen molar-refractivity contribution in [3.8, 4) is 0 Å². The first-order chi connectivity index (χ1) is 11.1. The Labute approximate surface area is 152 Å². The van der Waals surface area contributed by atoms with Crippen molar-refractivity contribution in [2.45, 2.75) is 52.2 Å². The highest BCUT2D eigenvalue weighted by atomic mass is 35.5. The second-order valence-electron chi connectivity index (χ2n) is 6.85. The topological polar surface area (TPSA) is 50.4 Å². The summed E-state index contributed by atoms with van der Waals surface area (Å²) in [4.78, 5) is 12.1. The lowest BCUT2D eigenvalue weighted by atomic mass is 9.89. The number of ether oxygens (including phenoxy) is 1. The highest BCUT2D eigenvalue weighted by molar-refractivity contribution is 5.92. The first kappa shape index (κ1) is 20.9. The molecule has 4 nitrogen and oxygen atoms in total. The first-order valence-electron chi connectivity index (χ1n) is 8.74. The van der Waals surface area contributed by atoms with E-state index in [9.17, 15) is 4.79 Å². The fourth-order valence-corrected chi connectivity index (χ4v) is 3.15. The van der Waals surface area contributed by atoms with E-state index in [-0.39, 0.29) is 24.2 Å². The molecule has 0 aromatic heterocycles. The van der Waals surface area contributed by atoms with Gasteiger partial charge in [0, 0.05) is 18.2 Å². The third kappa shape index (κ3) is 6.80. The largest absolute Gasteiger partial charge is 0.374 e. The summed E-state index contributed by atoms with van der Waals surface area (Å²) in [7, 11) is 1.86. The van der Waals surface area contributed by atoms with Crippen LogP contribution in [0.3, 0.4) is 0 Å². The molecule has 0 saturated heterocycles. The van der Waals surface area contributed by atoms with Crippen LogP contribution in [-0.4, -0.2) is 25.6 Å². The van der Waals surface area contributed by atoms with E-state index in [1.807, 2.05) is 32.2 Å². The normalized spacial score (nSPS) is 21.6. The molecule has 1 saturated carbocycles. The van der Waals surface area contributed by atoms with Crippen molar-refractivity contribution in [2.75, 3.05) is 18.9 Å². The molecule has 0 bridgehead atoms. The molecule has 3 unspecified atom stereocenters. The smallest absolute Gasteiger partial charge is 0.228 e. The van der Waals surface area contributed by atoms with Gasteiger partial charge in [0.25, 0.3) is 0 Å². The van der Waals surface area contributed by atoms with E-state index in [0.717, 1.165) is 23.6 Å². The number of rotatable bonds is 7. The van der Waals surface area contributed by atoms with E-state index in [0.29, 0.717) is 19.3 Å². The quantitative estimate of drug-likeness (QED) is 0.778. The van der Waals surface area contributed by atoms with Gasteiger partial charge in [0.15, 0.2) is 0 Å². The van der Waals surface area contributed by atoms with Gasteiger partial charge < -0.3 is 15.4 Å². The molecule has 1 aromatic carbocycles. The Morgan fingerprint density at radius 1 is 1.38 bits per heavy atom. The lowest BCUT2D eigenvalue weighted by Gasteiger charge is -2.26. The second-order valence-corrected chi connectivity index (χ2v) is 6.85. The second kappa shape index (κ2) is 10.7. The van der Waals surface area contributed by atoms with Crippen LogP contribution in [0, 0.1) is 11.8 Å². The van der Waals surface area contributed by atoms with Gasteiger partial charge in [-0.05, 0) is 43.5 Å². The fourth-order valence-electron chi connectivity index (χ4n) is 3.15. The summed E-state index contributed by atoms with van der Waals surface area (Å²) >= 11 is 0. The maximum Gasteiger partial charge on any atom is 0.228 e. The molecule has 1 aromatic rings. The summed E-state index contributed by atoms with van der Waals surface area (Å²) < 4.78 is 6.06. The molecule has 1 aliphatic rings. The van der Waals surface area contributed by atoms with Crippen LogP contribution in [0.2, 0.25) is 0 Å². The molecule has 2 N–H and O–H groups in total. The number of amides is 1. The highest BCUT2D eigenvalue weighted by Gasteiger charge is 2.19. The van der Waals surface area contributed by atoms with Gasteiger partial charge in [0.2, 0.25) is 5.91 Å². The minimum Gasteiger partial charge on any atom is -0.374 e. The van der Waals surface area contributed by atoms with Crippen molar-refractivity contribution in [1.29, 1.82) is 0 Å². The number of nitrogens with one attached hydrogen (secondary N) is 2. The zero-order valence-electron chi connectivity index (χ0n) is 15.0. The minimum atomic E-state index is -0.0522. The molecule has 2 rings (SSSR count). The standard InChI is InChI=1S/C19H30N2O2.ClH/c1-14-6-4-9-18(10-14)23-13-16-7-5-8-17(11-16)21-19(22)15(2)12-20-3;/h5,7-8,11,14-15,18,20H,4,6,9-10,12-13H2,1-3H3,(H,21,22);1H. The Balaban J connectivity index is 0.00000288. The number of anilines is 1. The van der Waals surface area contributed by atoms with Crippen LogP contribution in [0.15, 0.2) is 24.3 Å². The van der Waals surface area contributed by atoms with E-state index in [4.69, 9.17) is 4.74 Å². The lowest BCUT2D eigenvalue weighted by Crippen LogP contribution is -2.28. The maximum atomic E-state index is 12.1. The Bertz CT molecular complexity index is 510. The van der Waals surface area contributed by atoms with Crippen molar-refractivity contribution in [2.24, 2.45) is 11.8 Å². The van der Waals surface area contributed by atoms with Crippen molar-refractivity contribution in [1.82, 2.24) is 5.32 Å². The molecule has 0 aliphatic heterocycles. The number of carbonyl (C=O) groups is 1. The molecular weight excluding hydrogens is 324 g/mol. The Hall–Kier alpha value is -1.10. The predicted octanol–water partition coefficient (Wildman–Crippen LogP) is 4.00. The number of carbonyl (C=O) groups excluding carboxylic acids is 1. The summed E-state index contributed by atoms with van der Waals surface area (Å²) in [6, 6.07) is 7.96. The molecule has 1 fully saturated rings. The first-order valence-corrected chi connectivity index (χ1v) is 8.74. The molecule has 136 valence electrons. The molecule has 3 atom stereocenters. The third-order valence-electron chi connectivity index (χ3n) is 4.53. The monoisotopic (exact) mass is 354 g/mol. The Kier molecular flexibility index (Phi) is 9.34. The maximum absolute atomic E-state index is 12.1. The number of hydrogen-bond acceptors (Lipinski definition) is 3. The van der Waals surface area contributed by atoms with E-state index in [2.05, 4.69) is 23.6 Å². The molecule has 0 spiro atoms. The van der Waals surface area contributed by atoms with Gasteiger partial charge in [-0.15, -0.1) is 12.4 Å². The molecule has 0 heterocycles. The zero-order valence-corrected chi connectivity index (χ0v) is 15.8. The van der Waals surface area contributed by atoms with Gasteiger partial charge in [-0.2, -0.15) is 0 Å². The van der Waals surface area contributed by atoms with Gasteiger partial charge in [-0.1, -0.05) is 38.8 Å². The van der Waals surface area contributed by atoms with Crippen LogP contribution in [-0.2, 0) is 16.1 Å². The van der Waals surface area contributed by atoms with Gasteiger partial charge >= 0.3 is 0 Å². The molecule has 24 heavy (non-hydrogen) atoms. The minimum absolute atomic E-state index is 0. The predicted molar refractivity (Wildman–Crippen MR) is 102 cm³/mol. The number of hydrogen-bond donors (Lipinski definition) is 2. The molecule has 1 amide bonds. The van der Waals surface area contributed by atoms with Crippen LogP contribution in [0.5, 0.6) is 0 Å². The summed E-state index contributed by atoms with van der Waals surface area (Å²) in [6.45, 7) is 5.52. The van der Waals surface area contributed by atoms with Gasteiger partial charge in [0.05, 0.1) is 12.7 Å². The van der Waals surface area contributed by atoms with Crippen LogP contribution in [0.25, 0.3) is 0 Å².